The van der Waals surface area contributed by atoms with Crippen LogP contribution in [0.5, 0.6) is 0 Å². The van der Waals surface area contributed by atoms with E-state index in [0.29, 0.717) is 18.8 Å². The second-order valence-corrected chi connectivity index (χ2v) is 10.4. The summed E-state index contributed by atoms with van der Waals surface area (Å²) in [7, 11) is 2.09. The molecular weight excluding hydrogens is 454 g/mol. The van der Waals surface area contributed by atoms with Crippen LogP contribution in [0.15, 0.2) is 66.9 Å². The van der Waals surface area contributed by atoms with Crippen LogP contribution < -0.4 is 5.32 Å². The highest BCUT2D eigenvalue weighted by Crippen LogP contribution is 2.43. The Morgan fingerprint density at radius 2 is 1.80 bits per heavy atom. The number of rotatable bonds is 6. The number of nitrogens with one attached hydrogen (secondary N) is 1. The van der Waals surface area contributed by atoms with E-state index in [1.165, 1.54) is 11.1 Å². The minimum absolute atomic E-state index is 0.0691. The summed E-state index contributed by atoms with van der Waals surface area (Å²) in [5.41, 5.74) is 4.13. The average Bonchev–Trinajstić information content (AvgIpc) is 3.33. The summed E-state index contributed by atoms with van der Waals surface area (Å²) >= 11 is 1.55. The first-order valence-corrected chi connectivity index (χ1v) is 12.9. The normalized spacial score (nSPS) is 16.7. The molecule has 2 aromatic carbocycles. The number of hydrogen-bond acceptors (Lipinski definition) is 7. The molecule has 0 unspecified atom stereocenters. The molecule has 0 radical (unpaired) electrons. The molecule has 1 fully saturated rings. The summed E-state index contributed by atoms with van der Waals surface area (Å²) in [5, 5.41) is 15.7. The van der Waals surface area contributed by atoms with Gasteiger partial charge >= 0.3 is 0 Å². The zero-order valence-electron chi connectivity index (χ0n) is 20.4. The molecule has 2 aromatic heterocycles. The number of likely N-dealkylation sites (tertiary alicyclic amines) is 1. The van der Waals surface area contributed by atoms with E-state index < -0.39 is 5.60 Å². The molecule has 180 valence electrons. The Hall–Kier alpha value is -3.13. The van der Waals surface area contributed by atoms with Crippen LogP contribution in [-0.4, -0.2) is 45.1 Å². The third-order valence-corrected chi connectivity index (χ3v) is 7.94. The molecule has 0 saturated carbocycles. The van der Waals surface area contributed by atoms with Crippen LogP contribution in [0.1, 0.15) is 41.9 Å². The van der Waals surface area contributed by atoms with Gasteiger partial charge in [0.1, 0.15) is 10.6 Å². The van der Waals surface area contributed by atoms with Crippen molar-refractivity contribution in [2.75, 3.05) is 25.5 Å². The molecular formula is C28H31N5OS. The first-order valence-electron chi connectivity index (χ1n) is 12.1. The van der Waals surface area contributed by atoms with Crippen molar-refractivity contribution >= 4 is 17.3 Å². The Kier molecular flexibility index (Phi) is 6.65. The van der Waals surface area contributed by atoms with Crippen LogP contribution in [0.3, 0.4) is 0 Å². The molecule has 7 heteroatoms. The Bertz CT molecular complexity index is 1300. The highest BCUT2D eigenvalue weighted by atomic mass is 32.1. The van der Waals surface area contributed by atoms with E-state index in [-0.39, 0.29) is 6.04 Å². The number of thiazole rings is 1. The number of piperidine rings is 1. The first kappa shape index (κ1) is 23.6. The molecule has 0 spiro atoms. The lowest BCUT2D eigenvalue weighted by molar-refractivity contribution is -0.0203. The Morgan fingerprint density at radius 3 is 2.54 bits per heavy atom. The van der Waals surface area contributed by atoms with Gasteiger partial charge in [0.05, 0.1) is 22.3 Å². The fraction of sp³-hybridized carbons (Fsp3) is 0.321. The Balaban J connectivity index is 1.53. The van der Waals surface area contributed by atoms with Crippen molar-refractivity contribution < 1.29 is 5.11 Å². The topological polar surface area (TPSA) is 74.2 Å². The third-order valence-electron chi connectivity index (χ3n) is 6.66. The van der Waals surface area contributed by atoms with E-state index in [1.54, 1.807) is 17.5 Å². The first-order chi connectivity index (χ1) is 16.9. The van der Waals surface area contributed by atoms with Crippen LogP contribution in [0.4, 0.5) is 5.95 Å². The summed E-state index contributed by atoms with van der Waals surface area (Å²) in [5.74, 6) is 0.571. The van der Waals surface area contributed by atoms with Gasteiger partial charge in [0.2, 0.25) is 5.95 Å². The van der Waals surface area contributed by atoms with Crippen LogP contribution in [-0.2, 0) is 5.60 Å². The highest BCUT2D eigenvalue weighted by Gasteiger charge is 2.37. The smallest absolute Gasteiger partial charge is 0.223 e. The monoisotopic (exact) mass is 485 g/mol. The van der Waals surface area contributed by atoms with Gasteiger partial charge < -0.3 is 15.3 Å². The molecule has 0 amide bonds. The van der Waals surface area contributed by atoms with Crippen LogP contribution >= 0.6 is 11.3 Å². The van der Waals surface area contributed by atoms with Gasteiger partial charge in [-0.3, -0.25) is 0 Å². The quantitative estimate of drug-likeness (QED) is 0.367. The molecule has 2 N–H and O–H groups in total. The predicted octanol–water partition coefficient (Wildman–Crippen LogP) is 5.66. The molecule has 6 nitrogen and oxygen atoms in total. The van der Waals surface area contributed by atoms with Gasteiger partial charge in [-0.15, -0.1) is 11.3 Å². The maximum absolute atomic E-state index is 11.5. The lowest BCUT2D eigenvalue weighted by Gasteiger charge is -2.34. The van der Waals surface area contributed by atoms with Crippen LogP contribution in [0, 0.1) is 6.92 Å². The molecule has 4 aromatic rings. The van der Waals surface area contributed by atoms with Gasteiger partial charge in [-0.05, 0) is 51.4 Å². The minimum atomic E-state index is -0.913. The predicted molar refractivity (Wildman–Crippen MR) is 142 cm³/mol. The number of aryl methyl sites for hydroxylation is 1. The summed E-state index contributed by atoms with van der Waals surface area (Å²) < 4.78 is 0. The molecule has 1 aliphatic rings. The molecule has 0 bridgehead atoms. The van der Waals surface area contributed by atoms with Gasteiger partial charge in [0, 0.05) is 24.8 Å². The van der Waals surface area contributed by atoms with E-state index in [2.05, 4.69) is 66.4 Å². The van der Waals surface area contributed by atoms with Crippen molar-refractivity contribution in [3.8, 4) is 21.8 Å². The lowest BCUT2D eigenvalue weighted by atomic mass is 9.92. The van der Waals surface area contributed by atoms with Gasteiger partial charge in [-0.2, -0.15) is 0 Å². The van der Waals surface area contributed by atoms with Gasteiger partial charge in [0.25, 0.3) is 0 Å². The SMILES string of the molecule is Cc1cccc(-c2nc(C3(O)CCN(C)CC3)sc2-c2ccnc(N[C@@H](C)c3ccccc3)n2)c1. The van der Waals surface area contributed by atoms with E-state index in [1.807, 2.05) is 30.3 Å². The third kappa shape index (κ3) is 5.12. The molecule has 35 heavy (non-hydrogen) atoms. The van der Waals surface area contributed by atoms with E-state index in [0.717, 1.165) is 39.9 Å². The van der Waals surface area contributed by atoms with Crippen LogP contribution in [0.25, 0.3) is 21.8 Å². The fourth-order valence-electron chi connectivity index (χ4n) is 4.46. The van der Waals surface area contributed by atoms with Crippen molar-refractivity contribution in [3.05, 3.63) is 83.0 Å². The lowest BCUT2D eigenvalue weighted by Crippen LogP contribution is -2.40. The average molecular weight is 486 g/mol. The number of nitrogens with zero attached hydrogens (tertiary/aromatic N) is 4. The summed E-state index contributed by atoms with van der Waals surface area (Å²) in [6.07, 6.45) is 3.13. The molecule has 0 aliphatic carbocycles. The summed E-state index contributed by atoms with van der Waals surface area (Å²) in [6, 6.07) is 20.6. The molecule has 5 rings (SSSR count). The van der Waals surface area contributed by atoms with Crippen molar-refractivity contribution in [1.29, 1.82) is 0 Å². The van der Waals surface area contributed by atoms with E-state index >= 15 is 0 Å². The zero-order chi connectivity index (χ0) is 24.4. The van der Waals surface area contributed by atoms with Crippen LogP contribution in [0.2, 0.25) is 0 Å². The van der Waals surface area contributed by atoms with E-state index in [4.69, 9.17) is 9.97 Å². The molecule has 1 aliphatic heterocycles. The molecule has 1 saturated heterocycles. The van der Waals surface area contributed by atoms with E-state index in [9.17, 15) is 5.11 Å². The number of hydrogen-bond donors (Lipinski definition) is 2. The van der Waals surface area contributed by atoms with Gasteiger partial charge in [0.15, 0.2) is 0 Å². The van der Waals surface area contributed by atoms with Gasteiger partial charge in [-0.25, -0.2) is 15.0 Å². The maximum Gasteiger partial charge on any atom is 0.223 e. The zero-order valence-corrected chi connectivity index (χ0v) is 21.2. The van der Waals surface area contributed by atoms with Crippen molar-refractivity contribution in [3.63, 3.8) is 0 Å². The highest BCUT2D eigenvalue weighted by molar-refractivity contribution is 7.15. The number of anilines is 1. The standard InChI is InChI=1S/C28H31N5OS/c1-19-8-7-11-22(18-19)24-25(35-26(32-24)28(34)13-16-33(3)17-14-28)23-12-15-29-27(31-23)30-20(2)21-9-5-4-6-10-21/h4-12,15,18,20,34H,13-14,16-17H2,1-3H3,(H,29,30,31)/t20-/m0/s1. The second-order valence-electron chi connectivity index (χ2n) is 9.44. The Labute approximate surface area is 210 Å². The fourth-order valence-corrected chi connectivity index (χ4v) is 5.66. The van der Waals surface area contributed by atoms with Crippen molar-refractivity contribution in [1.82, 2.24) is 19.9 Å². The van der Waals surface area contributed by atoms with Gasteiger partial charge in [-0.1, -0.05) is 54.1 Å². The minimum Gasteiger partial charge on any atom is -0.383 e. The summed E-state index contributed by atoms with van der Waals surface area (Å²) in [4.78, 5) is 17.6. The van der Waals surface area contributed by atoms with Crippen molar-refractivity contribution in [2.24, 2.45) is 0 Å². The Morgan fingerprint density at radius 1 is 1.03 bits per heavy atom. The number of benzene rings is 2. The molecule has 1 atom stereocenters. The number of aromatic nitrogens is 3. The van der Waals surface area contributed by atoms with Crippen molar-refractivity contribution in [2.45, 2.75) is 38.3 Å². The summed E-state index contributed by atoms with van der Waals surface area (Å²) in [6.45, 7) is 5.89. The molecule has 3 heterocycles. The second kappa shape index (κ2) is 9.85. The largest absolute Gasteiger partial charge is 0.383 e. The maximum atomic E-state index is 11.5. The number of aliphatic hydroxyl groups is 1.